The zero-order valence-electron chi connectivity index (χ0n) is 7.02. The summed E-state index contributed by atoms with van der Waals surface area (Å²) in [6.07, 6.45) is 2.57. The summed E-state index contributed by atoms with van der Waals surface area (Å²) in [5.74, 6) is 0.759. The summed E-state index contributed by atoms with van der Waals surface area (Å²) in [5, 5.41) is 0. The van der Waals surface area contributed by atoms with Gasteiger partial charge in [-0.2, -0.15) is 0 Å². The minimum absolute atomic E-state index is 0.759. The van der Waals surface area contributed by atoms with Gasteiger partial charge in [-0.05, 0) is 41.9 Å². The largest absolute Gasteiger partial charge is 0.283 e. The van der Waals surface area contributed by atoms with Gasteiger partial charge in [0.15, 0.2) is 0 Å². The van der Waals surface area contributed by atoms with E-state index in [9.17, 15) is 0 Å². The molecule has 0 aliphatic rings. The van der Waals surface area contributed by atoms with Crippen molar-refractivity contribution >= 4 is 26.3 Å². The zero-order valence-corrected chi connectivity index (χ0v) is 9.18. The van der Waals surface area contributed by atoms with Gasteiger partial charge >= 0.3 is 0 Å². The highest BCUT2D eigenvalue weighted by molar-refractivity contribution is 14.1. The lowest BCUT2D eigenvalue weighted by atomic mass is 10.1. The van der Waals surface area contributed by atoms with E-state index in [1.165, 1.54) is 16.6 Å². The molecule has 0 saturated carbocycles. The van der Waals surface area contributed by atoms with Crippen molar-refractivity contribution in [1.29, 1.82) is 0 Å². The van der Waals surface area contributed by atoms with Crippen LogP contribution in [0.4, 0.5) is 0 Å². The molecule has 0 bridgehead atoms. The molecule has 0 fully saturated rings. The molecular formula is C8H16IN. The van der Waals surface area contributed by atoms with Crippen LogP contribution in [0.2, 0.25) is 0 Å². The Labute approximate surface area is 77.5 Å². The van der Waals surface area contributed by atoms with E-state index in [-0.39, 0.29) is 0 Å². The normalized spacial score (nSPS) is 15.4. The fraction of sp³-hybridized carbons (Fsp3) is 0.875. The molecule has 0 rings (SSSR count). The number of nitrogens with zero attached hydrogens (tertiary/aromatic N) is 1. The average molecular weight is 253 g/mol. The highest BCUT2D eigenvalue weighted by atomic mass is 127. The highest BCUT2D eigenvalue weighted by Crippen LogP contribution is 2.05. The molecule has 0 aromatic rings. The van der Waals surface area contributed by atoms with E-state index < -0.39 is 0 Å². The minimum Gasteiger partial charge on any atom is -0.283 e. The Balaban J connectivity index is 3.38. The highest BCUT2D eigenvalue weighted by Gasteiger charge is 1.97. The Morgan fingerprint density at radius 1 is 1.60 bits per heavy atom. The van der Waals surface area contributed by atoms with Crippen molar-refractivity contribution < 1.29 is 0 Å². The van der Waals surface area contributed by atoms with E-state index in [0.717, 1.165) is 12.5 Å². The van der Waals surface area contributed by atoms with Crippen LogP contribution in [0.1, 0.15) is 33.6 Å². The molecule has 0 amide bonds. The first-order chi connectivity index (χ1) is 4.66. The molecule has 2 heteroatoms. The second kappa shape index (κ2) is 6.13. The van der Waals surface area contributed by atoms with Crippen molar-refractivity contribution in [3.63, 3.8) is 0 Å². The molecule has 0 aliphatic carbocycles. The molecule has 0 aliphatic heterocycles. The van der Waals surface area contributed by atoms with Crippen molar-refractivity contribution in [1.82, 2.24) is 0 Å². The lowest BCUT2D eigenvalue weighted by Crippen LogP contribution is -1.98. The van der Waals surface area contributed by atoms with Gasteiger partial charge in [-0.15, -0.1) is 0 Å². The van der Waals surface area contributed by atoms with E-state index >= 15 is 0 Å². The Kier molecular flexibility index (Phi) is 6.38. The standard InChI is InChI=1S/C8H16IN/c1-4-5-7(2)6-10-8(3)9/h7H,4-6H2,1-3H3. The van der Waals surface area contributed by atoms with Crippen molar-refractivity contribution in [3.8, 4) is 0 Å². The molecule has 1 nitrogen and oxygen atoms in total. The molecule has 1 unspecified atom stereocenters. The van der Waals surface area contributed by atoms with Crippen LogP contribution >= 0.6 is 22.6 Å². The molecule has 60 valence electrons. The summed E-state index contributed by atoms with van der Waals surface area (Å²) in [4.78, 5) is 4.35. The smallest absolute Gasteiger partial charge is 0.0697 e. The van der Waals surface area contributed by atoms with Crippen LogP contribution in [-0.2, 0) is 0 Å². The van der Waals surface area contributed by atoms with Gasteiger partial charge in [0.05, 0.1) is 3.72 Å². The number of rotatable bonds is 4. The lowest BCUT2D eigenvalue weighted by Gasteiger charge is -2.04. The van der Waals surface area contributed by atoms with E-state index in [0.29, 0.717) is 0 Å². The van der Waals surface area contributed by atoms with Gasteiger partial charge in [-0.3, -0.25) is 4.99 Å². The van der Waals surface area contributed by atoms with Crippen LogP contribution in [-0.4, -0.2) is 10.3 Å². The van der Waals surface area contributed by atoms with Crippen LogP contribution in [0.25, 0.3) is 0 Å². The molecule has 0 aromatic carbocycles. The maximum atomic E-state index is 4.35. The summed E-state index contributed by atoms with van der Waals surface area (Å²) in [7, 11) is 0. The fourth-order valence-electron chi connectivity index (χ4n) is 0.866. The van der Waals surface area contributed by atoms with Crippen LogP contribution in [0.15, 0.2) is 4.99 Å². The Bertz CT molecular complexity index is 106. The summed E-state index contributed by atoms with van der Waals surface area (Å²) in [6, 6.07) is 0. The Morgan fingerprint density at radius 3 is 2.60 bits per heavy atom. The summed E-state index contributed by atoms with van der Waals surface area (Å²) in [5.41, 5.74) is 0. The van der Waals surface area contributed by atoms with Gasteiger partial charge in [-0.1, -0.05) is 20.3 Å². The topological polar surface area (TPSA) is 12.4 Å². The maximum absolute atomic E-state index is 4.35. The van der Waals surface area contributed by atoms with Crippen molar-refractivity contribution in [2.24, 2.45) is 10.9 Å². The molecule has 0 saturated heterocycles. The van der Waals surface area contributed by atoms with Crippen LogP contribution in [0.5, 0.6) is 0 Å². The molecule has 0 aromatic heterocycles. The van der Waals surface area contributed by atoms with Gasteiger partial charge in [0.25, 0.3) is 0 Å². The number of hydrogen-bond donors (Lipinski definition) is 0. The molecule has 0 spiro atoms. The number of halogens is 1. The molecule has 0 heterocycles. The molecule has 0 radical (unpaired) electrons. The molecule has 1 atom stereocenters. The predicted molar refractivity (Wildman–Crippen MR) is 56.1 cm³/mol. The van der Waals surface area contributed by atoms with E-state index in [2.05, 4.69) is 41.4 Å². The van der Waals surface area contributed by atoms with E-state index in [1.807, 2.05) is 6.92 Å². The van der Waals surface area contributed by atoms with E-state index in [1.54, 1.807) is 0 Å². The predicted octanol–water partition coefficient (Wildman–Crippen LogP) is 3.28. The number of aliphatic imine (C=N–C) groups is 1. The minimum atomic E-state index is 0.759. The van der Waals surface area contributed by atoms with Crippen LogP contribution in [0.3, 0.4) is 0 Å². The second-order valence-electron chi connectivity index (χ2n) is 2.73. The van der Waals surface area contributed by atoms with Crippen molar-refractivity contribution in [2.75, 3.05) is 6.54 Å². The molecular weight excluding hydrogens is 237 g/mol. The summed E-state index contributed by atoms with van der Waals surface area (Å²) >= 11 is 2.25. The first-order valence-corrected chi connectivity index (χ1v) is 4.91. The van der Waals surface area contributed by atoms with Gasteiger partial charge in [-0.25, -0.2) is 0 Å². The monoisotopic (exact) mass is 253 g/mol. The lowest BCUT2D eigenvalue weighted by molar-refractivity contribution is 0.538. The van der Waals surface area contributed by atoms with Gasteiger partial charge in [0.2, 0.25) is 0 Å². The van der Waals surface area contributed by atoms with Crippen LogP contribution in [0, 0.1) is 5.92 Å². The van der Waals surface area contributed by atoms with Crippen molar-refractivity contribution in [2.45, 2.75) is 33.6 Å². The van der Waals surface area contributed by atoms with Crippen molar-refractivity contribution in [3.05, 3.63) is 0 Å². The van der Waals surface area contributed by atoms with Gasteiger partial charge in [0.1, 0.15) is 0 Å². The Morgan fingerprint density at radius 2 is 2.20 bits per heavy atom. The third kappa shape index (κ3) is 6.52. The number of hydrogen-bond acceptors (Lipinski definition) is 1. The summed E-state index contributed by atoms with van der Waals surface area (Å²) < 4.78 is 1.17. The average Bonchev–Trinajstić information content (AvgIpc) is 1.85. The fourth-order valence-corrected chi connectivity index (χ4v) is 1.06. The Hall–Kier alpha value is 0.400. The SMILES string of the molecule is CCCC(C)CN=C(C)I. The van der Waals surface area contributed by atoms with Gasteiger partial charge < -0.3 is 0 Å². The quantitative estimate of drug-likeness (QED) is 0.538. The zero-order chi connectivity index (χ0) is 7.98. The summed E-state index contributed by atoms with van der Waals surface area (Å²) in [6.45, 7) is 7.52. The third-order valence-electron chi connectivity index (χ3n) is 1.40. The van der Waals surface area contributed by atoms with Crippen LogP contribution < -0.4 is 0 Å². The molecule has 10 heavy (non-hydrogen) atoms. The van der Waals surface area contributed by atoms with E-state index in [4.69, 9.17) is 0 Å². The second-order valence-corrected chi connectivity index (χ2v) is 4.29. The van der Waals surface area contributed by atoms with Gasteiger partial charge in [0, 0.05) is 6.54 Å². The first kappa shape index (κ1) is 10.4. The molecule has 0 N–H and O–H groups in total. The first-order valence-electron chi connectivity index (χ1n) is 3.83. The maximum Gasteiger partial charge on any atom is 0.0697 e. The third-order valence-corrected chi connectivity index (χ3v) is 1.74.